The molecule has 0 aliphatic heterocycles. The maximum absolute atomic E-state index is 12.9. The Labute approximate surface area is 158 Å². The summed E-state index contributed by atoms with van der Waals surface area (Å²) in [5, 5.41) is 12.2. The molecule has 0 saturated carbocycles. The summed E-state index contributed by atoms with van der Waals surface area (Å²) in [4.78, 5) is 15.2. The zero-order valence-electron chi connectivity index (χ0n) is 14.3. The van der Waals surface area contributed by atoms with Crippen molar-refractivity contribution in [1.82, 2.24) is 4.98 Å². The second-order valence-corrected chi connectivity index (χ2v) is 8.09. The normalized spacial score (nSPS) is 14.4. The third-order valence-corrected chi connectivity index (χ3v) is 5.55. The molecule has 28 heavy (non-hydrogen) atoms. The molecule has 6 nitrogen and oxygen atoms in total. The topological polar surface area (TPSA) is 96.4 Å². The van der Waals surface area contributed by atoms with Gasteiger partial charge in [0.1, 0.15) is 13.7 Å². The van der Waals surface area contributed by atoms with Gasteiger partial charge in [-0.2, -0.15) is 13.2 Å². The Hall–Kier alpha value is -2.47. The van der Waals surface area contributed by atoms with E-state index in [1.807, 2.05) is 5.32 Å². The first kappa shape index (κ1) is 21.8. The second kappa shape index (κ2) is 7.51. The van der Waals surface area contributed by atoms with Gasteiger partial charge in [-0.25, -0.2) is 12.8 Å². The molecule has 0 saturated heterocycles. The van der Waals surface area contributed by atoms with Crippen molar-refractivity contribution in [3.63, 3.8) is 0 Å². The fourth-order valence-corrected chi connectivity index (χ4v) is 3.79. The molecule has 0 spiro atoms. The van der Waals surface area contributed by atoms with Crippen LogP contribution in [0.2, 0.25) is 0 Å². The molecule has 0 fully saturated rings. The SMILES string of the molecule is [B]c1ncc(NC(=O)[C@@](C)(O)CS(=O)(=O)c2ccc(F)cc2)cc1C(F)(F)F. The highest BCUT2D eigenvalue weighted by Crippen LogP contribution is 2.29. The van der Waals surface area contributed by atoms with Crippen molar-refractivity contribution in [3.05, 3.63) is 47.9 Å². The van der Waals surface area contributed by atoms with Crippen molar-refractivity contribution in [2.45, 2.75) is 23.6 Å². The largest absolute Gasteiger partial charge is 0.417 e. The minimum Gasteiger partial charge on any atom is -0.379 e. The van der Waals surface area contributed by atoms with Crippen LogP contribution in [0.25, 0.3) is 0 Å². The summed E-state index contributed by atoms with van der Waals surface area (Å²) in [6.07, 6.45) is -4.00. The van der Waals surface area contributed by atoms with Crippen LogP contribution in [-0.2, 0) is 20.8 Å². The molecule has 2 rings (SSSR count). The quantitative estimate of drug-likeness (QED) is 0.434. The van der Waals surface area contributed by atoms with Crippen LogP contribution >= 0.6 is 0 Å². The smallest absolute Gasteiger partial charge is 0.379 e. The minimum absolute atomic E-state index is 0.338. The van der Waals surface area contributed by atoms with Gasteiger partial charge >= 0.3 is 6.18 Å². The number of pyridine rings is 1. The van der Waals surface area contributed by atoms with Crippen molar-refractivity contribution in [2.75, 3.05) is 11.1 Å². The molecule has 1 aromatic carbocycles. The Bertz CT molecular complexity index is 993. The second-order valence-electron chi connectivity index (χ2n) is 6.10. The Morgan fingerprint density at radius 3 is 2.36 bits per heavy atom. The van der Waals surface area contributed by atoms with Crippen molar-refractivity contribution in [1.29, 1.82) is 0 Å². The van der Waals surface area contributed by atoms with Gasteiger partial charge in [-0.15, -0.1) is 0 Å². The lowest BCUT2D eigenvalue weighted by atomic mass is 9.97. The number of amides is 1. The number of aliphatic hydroxyl groups is 1. The van der Waals surface area contributed by atoms with Crippen molar-refractivity contribution >= 4 is 34.9 Å². The summed E-state index contributed by atoms with van der Waals surface area (Å²) in [6, 6.07) is 4.20. The summed E-state index contributed by atoms with van der Waals surface area (Å²) in [5.74, 6) is -3.05. The highest BCUT2D eigenvalue weighted by atomic mass is 32.2. The molecular weight excluding hydrogens is 403 g/mol. The van der Waals surface area contributed by atoms with Crippen LogP contribution in [-0.4, -0.2) is 43.6 Å². The predicted octanol–water partition coefficient (Wildman–Crippen LogP) is 1.20. The molecule has 148 valence electrons. The molecule has 1 aromatic heterocycles. The standard InChI is InChI=1S/C16H13BF4N2O4S/c1-15(25,8-28(26,27)11-4-2-9(18)3-5-11)14(24)23-10-6-12(16(19,20)21)13(17)22-7-10/h2-7,25H,8H2,1H3,(H,23,24)/t15-/m0/s1. The van der Waals surface area contributed by atoms with E-state index in [2.05, 4.69) is 4.98 Å². The van der Waals surface area contributed by atoms with E-state index in [4.69, 9.17) is 7.85 Å². The molecule has 0 unspecified atom stereocenters. The predicted molar refractivity (Wildman–Crippen MR) is 92.3 cm³/mol. The summed E-state index contributed by atoms with van der Waals surface area (Å²) < 4.78 is 76.1. The first-order valence-electron chi connectivity index (χ1n) is 7.57. The number of benzene rings is 1. The summed E-state index contributed by atoms with van der Waals surface area (Å²) in [6.45, 7) is 0.874. The molecule has 0 aliphatic rings. The number of carbonyl (C=O) groups is 1. The van der Waals surface area contributed by atoms with Gasteiger partial charge in [0.05, 0.1) is 21.9 Å². The van der Waals surface area contributed by atoms with Gasteiger partial charge in [0, 0.05) is 6.20 Å². The molecule has 1 heterocycles. The maximum Gasteiger partial charge on any atom is 0.417 e. The zero-order chi connectivity index (χ0) is 21.3. The van der Waals surface area contributed by atoms with Gasteiger partial charge in [-0.3, -0.25) is 9.78 Å². The number of anilines is 1. The maximum atomic E-state index is 12.9. The van der Waals surface area contributed by atoms with Crippen LogP contribution in [0.4, 0.5) is 23.2 Å². The van der Waals surface area contributed by atoms with E-state index in [0.717, 1.165) is 37.4 Å². The van der Waals surface area contributed by atoms with Crippen LogP contribution < -0.4 is 10.9 Å². The Balaban J connectivity index is 2.22. The van der Waals surface area contributed by atoms with Crippen LogP contribution in [0.3, 0.4) is 0 Å². The van der Waals surface area contributed by atoms with Gasteiger partial charge in [-0.05, 0) is 42.8 Å². The minimum atomic E-state index is -4.83. The first-order valence-corrected chi connectivity index (χ1v) is 9.22. The molecule has 2 radical (unpaired) electrons. The number of sulfone groups is 1. The molecule has 12 heteroatoms. The zero-order valence-corrected chi connectivity index (χ0v) is 15.1. The van der Waals surface area contributed by atoms with E-state index in [1.54, 1.807) is 0 Å². The third-order valence-electron chi connectivity index (χ3n) is 3.61. The highest BCUT2D eigenvalue weighted by Gasteiger charge is 2.38. The van der Waals surface area contributed by atoms with Crippen molar-refractivity contribution in [2.24, 2.45) is 0 Å². The lowest BCUT2D eigenvalue weighted by Crippen LogP contribution is -2.46. The monoisotopic (exact) mass is 416 g/mol. The summed E-state index contributed by atoms with van der Waals surface area (Å²) in [7, 11) is 0.948. The molecule has 2 N–H and O–H groups in total. The van der Waals surface area contributed by atoms with Crippen molar-refractivity contribution in [3.8, 4) is 0 Å². The lowest BCUT2D eigenvalue weighted by Gasteiger charge is -2.22. The fraction of sp³-hybridized carbons (Fsp3) is 0.250. The highest BCUT2D eigenvalue weighted by molar-refractivity contribution is 7.91. The molecule has 0 aliphatic carbocycles. The fourth-order valence-electron chi connectivity index (χ4n) is 2.20. The Kier molecular flexibility index (Phi) is 5.86. The number of carbonyl (C=O) groups excluding carboxylic acids is 1. The van der Waals surface area contributed by atoms with Gasteiger partial charge < -0.3 is 10.4 Å². The first-order chi connectivity index (χ1) is 12.7. The number of rotatable bonds is 5. The van der Waals surface area contributed by atoms with Gasteiger partial charge in [0.2, 0.25) is 0 Å². The Morgan fingerprint density at radius 2 is 1.82 bits per heavy atom. The summed E-state index contributed by atoms with van der Waals surface area (Å²) >= 11 is 0. The van der Waals surface area contributed by atoms with E-state index < -0.39 is 55.9 Å². The number of hydrogen-bond acceptors (Lipinski definition) is 5. The van der Waals surface area contributed by atoms with Gasteiger partial charge in [0.25, 0.3) is 5.91 Å². The number of hydrogen-bond donors (Lipinski definition) is 2. The number of halogens is 4. The molecular formula is C16H13BF4N2O4S. The van der Waals surface area contributed by atoms with Gasteiger partial charge in [0.15, 0.2) is 15.4 Å². The van der Waals surface area contributed by atoms with Gasteiger partial charge in [-0.1, -0.05) is 0 Å². The third kappa shape index (κ3) is 5.07. The van der Waals surface area contributed by atoms with E-state index in [-0.39, 0.29) is 4.90 Å². The summed E-state index contributed by atoms with van der Waals surface area (Å²) in [5.41, 5.74) is -5.06. The van der Waals surface area contributed by atoms with Crippen LogP contribution in [0.15, 0.2) is 41.4 Å². The number of alkyl halides is 3. The average Bonchev–Trinajstić information content (AvgIpc) is 2.55. The number of nitrogens with zero attached hydrogens (tertiary/aromatic N) is 1. The van der Waals surface area contributed by atoms with E-state index >= 15 is 0 Å². The van der Waals surface area contributed by atoms with E-state index in [1.165, 1.54) is 0 Å². The molecule has 2 aromatic rings. The molecule has 1 amide bonds. The number of nitrogens with one attached hydrogen (secondary N) is 1. The van der Waals surface area contributed by atoms with Crippen molar-refractivity contribution < 1.29 is 35.9 Å². The lowest BCUT2D eigenvalue weighted by molar-refractivity contribution is -0.137. The Morgan fingerprint density at radius 1 is 1.25 bits per heavy atom. The van der Waals surface area contributed by atoms with Crippen LogP contribution in [0.1, 0.15) is 12.5 Å². The molecule has 0 bridgehead atoms. The van der Waals surface area contributed by atoms with Crippen LogP contribution in [0, 0.1) is 5.82 Å². The average molecular weight is 416 g/mol. The van der Waals surface area contributed by atoms with E-state index in [9.17, 15) is 35.9 Å². The van der Waals surface area contributed by atoms with E-state index in [0.29, 0.717) is 6.07 Å². The molecule has 1 atom stereocenters. The number of aromatic nitrogens is 1. The van der Waals surface area contributed by atoms with Crippen LogP contribution in [0.5, 0.6) is 0 Å².